The van der Waals surface area contributed by atoms with Gasteiger partial charge in [0.2, 0.25) is 0 Å². The molecule has 1 saturated heterocycles. The van der Waals surface area contributed by atoms with Gasteiger partial charge in [-0.25, -0.2) is 4.39 Å². The first-order valence-electron chi connectivity index (χ1n) is 6.50. The molecule has 1 aromatic carbocycles. The molecule has 0 radical (unpaired) electrons. The molecule has 2 rings (SSSR count). The van der Waals surface area contributed by atoms with Crippen LogP contribution in [0.2, 0.25) is 0 Å². The zero-order valence-electron chi connectivity index (χ0n) is 11.3. The summed E-state index contributed by atoms with van der Waals surface area (Å²) in [5.74, 6) is 0.487. The van der Waals surface area contributed by atoms with E-state index in [1.165, 1.54) is 29.6 Å². The quantitative estimate of drug-likeness (QED) is 0.800. The lowest BCUT2D eigenvalue weighted by Crippen LogP contribution is -2.46. The van der Waals surface area contributed by atoms with Gasteiger partial charge in [-0.05, 0) is 37.0 Å². The number of hydrogen-bond acceptors (Lipinski definition) is 2. The van der Waals surface area contributed by atoms with E-state index < -0.39 is 16.0 Å². The minimum atomic E-state index is -3.61. The highest BCUT2D eigenvalue weighted by Crippen LogP contribution is 2.24. The summed E-state index contributed by atoms with van der Waals surface area (Å²) in [7, 11) is -2.16. The van der Waals surface area contributed by atoms with Gasteiger partial charge in [-0.2, -0.15) is 12.7 Å². The summed E-state index contributed by atoms with van der Waals surface area (Å²) in [6, 6.07) is 5.57. The lowest BCUT2D eigenvalue weighted by atomic mass is 10.0. The first-order chi connectivity index (χ1) is 9.45. The summed E-state index contributed by atoms with van der Waals surface area (Å²) in [6.07, 6.45) is 1.53. The molecule has 0 N–H and O–H groups in total. The number of nitrogens with zero attached hydrogens (tertiary/aromatic N) is 2. The van der Waals surface area contributed by atoms with Crippen LogP contribution in [0.25, 0.3) is 0 Å². The zero-order valence-corrected chi connectivity index (χ0v) is 12.9. The van der Waals surface area contributed by atoms with E-state index in [4.69, 9.17) is 11.6 Å². The molecule has 7 heteroatoms. The van der Waals surface area contributed by atoms with Crippen molar-refractivity contribution < 1.29 is 12.8 Å². The van der Waals surface area contributed by atoms with Crippen LogP contribution in [0, 0.1) is 11.7 Å². The van der Waals surface area contributed by atoms with Gasteiger partial charge in [0.25, 0.3) is 0 Å². The molecule has 0 unspecified atom stereocenters. The number of piperidine rings is 1. The van der Waals surface area contributed by atoms with Crippen molar-refractivity contribution >= 4 is 27.5 Å². The van der Waals surface area contributed by atoms with E-state index >= 15 is 0 Å². The van der Waals surface area contributed by atoms with Crippen LogP contribution in [-0.4, -0.2) is 38.7 Å². The Labute approximate surface area is 124 Å². The van der Waals surface area contributed by atoms with Gasteiger partial charge in [-0.1, -0.05) is 6.07 Å². The molecule has 1 aliphatic heterocycles. The highest BCUT2D eigenvalue weighted by atomic mass is 35.5. The number of hydrogen-bond donors (Lipinski definition) is 0. The van der Waals surface area contributed by atoms with E-state index in [0.29, 0.717) is 30.6 Å². The van der Waals surface area contributed by atoms with E-state index in [1.54, 1.807) is 6.07 Å². The Morgan fingerprint density at radius 2 is 2.05 bits per heavy atom. The molecule has 0 spiro atoms. The molecule has 20 heavy (non-hydrogen) atoms. The van der Waals surface area contributed by atoms with Gasteiger partial charge >= 0.3 is 10.2 Å². The highest BCUT2D eigenvalue weighted by Gasteiger charge is 2.31. The number of halogens is 2. The number of benzene rings is 1. The lowest BCUT2D eigenvalue weighted by Gasteiger charge is -2.33. The lowest BCUT2D eigenvalue weighted by molar-refractivity contribution is 0.290. The third kappa shape index (κ3) is 3.24. The van der Waals surface area contributed by atoms with E-state index in [1.807, 2.05) is 0 Å². The monoisotopic (exact) mass is 320 g/mol. The Kier molecular flexibility index (Phi) is 4.88. The zero-order chi connectivity index (χ0) is 14.8. The summed E-state index contributed by atoms with van der Waals surface area (Å²) in [5, 5.41) is 0. The van der Waals surface area contributed by atoms with Crippen LogP contribution in [0.4, 0.5) is 10.1 Å². The SMILES string of the molecule is CN(c1cccc(F)c1)S(=O)(=O)N1CCC(CCl)CC1. The second-order valence-electron chi connectivity index (χ2n) is 4.95. The Bertz CT molecular complexity index is 559. The number of alkyl halides is 1. The first-order valence-corrected chi connectivity index (χ1v) is 8.44. The molecule has 1 aliphatic rings. The summed E-state index contributed by atoms with van der Waals surface area (Å²) in [5.41, 5.74) is 0.324. The fraction of sp³-hybridized carbons (Fsp3) is 0.538. The molecule has 0 aromatic heterocycles. The van der Waals surface area contributed by atoms with Crippen LogP contribution in [0.1, 0.15) is 12.8 Å². The van der Waals surface area contributed by atoms with Crippen molar-refractivity contribution in [2.45, 2.75) is 12.8 Å². The van der Waals surface area contributed by atoms with Crippen molar-refractivity contribution in [1.82, 2.24) is 4.31 Å². The van der Waals surface area contributed by atoms with E-state index in [2.05, 4.69) is 0 Å². The number of anilines is 1. The molecule has 112 valence electrons. The molecule has 0 saturated carbocycles. The molecule has 0 aliphatic carbocycles. The molecule has 4 nitrogen and oxygen atoms in total. The van der Waals surface area contributed by atoms with Crippen LogP contribution in [0.15, 0.2) is 24.3 Å². The maximum atomic E-state index is 13.2. The van der Waals surface area contributed by atoms with Gasteiger partial charge in [0, 0.05) is 26.0 Å². The maximum absolute atomic E-state index is 13.2. The molecule has 0 amide bonds. The largest absolute Gasteiger partial charge is 0.303 e. The van der Waals surface area contributed by atoms with Gasteiger partial charge in [0.1, 0.15) is 5.82 Å². The topological polar surface area (TPSA) is 40.6 Å². The maximum Gasteiger partial charge on any atom is 0.303 e. The summed E-state index contributed by atoms with van der Waals surface area (Å²) >= 11 is 5.80. The van der Waals surface area contributed by atoms with Crippen molar-refractivity contribution in [3.05, 3.63) is 30.1 Å². The standard InChI is InChI=1S/C13H18ClFN2O2S/c1-16(13-4-2-3-12(15)9-13)20(18,19)17-7-5-11(10-14)6-8-17/h2-4,9,11H,5-8,10H2,1H3. The van der Waals surface area contributed by atoms with Crippen molar-refractivity contribution in [3.8, 4) is 0 Å². The average Bonchev–Trinajstić information content (AvgIpc) is 2.46. The minimum absolute atomic E-state index is 0.324. The van der Waals surface area contributed by atoms with Gasteiger partial charge in [-0.3, -0.25) is 4.31 Å². The molecule has 1 fully saturated rings. The molecule has 1 heterocycles. The minimum Gasteiger partial charge on any atom is -0.261 e. The summed E-state index contributed by atoms with van der Waals surface area (Å²) < 4.78 is 40.7. The Morgan fingerprint density at radius 3 is 2.60 bits per heavy atom. The van der Waals surface area contributed by atoms with Crippen molar-refractivity contribution in [3.63, 3.8) is 0 Å². The van der Waals surface area contributed by atoms with Crippen LogP contribution < -0.4 is 4.31 Å². The Morgan fingerprint density at radius 1 is 1.40 bits per heavy atom. The third-order valence-corrected chi connectivity index (χ3v) is 5.99. The molecule has 1 aromatic rings. The Hall–Kier alpha value is -0.850. The third-order valence-electron chi connectivity index (χ3n) is 3.64. The molecular weight excluding hydrogens is 303 g/mol. The van der Waals surface area contributed by atoms with Crippen molar-refractivity contribution in [2.24, 2.45) is 5.92 Å². The van der Waals surface area contributed by atoms with Crippen LogP contribution >= 0.6 is 11.6 Å². The van der Waals surface area contributed by atoms with Crippen molar-refractivity contribution in [2.75, 3.05) is 30.3 Å². The number of rotatable bonds is 4. The van der Waals surface area contributed by atoms with E-state index in [-0.39, 0.29) is 0 Å². The molecule has 0 atom stereocenters. The summed E-state index contributed by atoms with van der Waals surface area (Å²) in [6.45, 7) is 0.915. The second-order valence-corrected chi connectivity index (χ2v) is 7.22. The normalized spacial score (nSPS) is 18.1. The first kappa shape index (κ1) is 15.5. The average molecular weight is 321 g/mol. The van der Waals surface area contributed by atoms with E-state index in [9.17, 15) is 12.8 Å². The summed E-state index contributed by atoms with van der Waals surface area (Å²) in [4.78, 5) is 0. The van der Waals surface area contributed by atoms with Crippen LogP contribution in [0.5, 0.6) is 0 Å². The van der Waals surface area contributed by atoms with Crippen molar-refractivity contribution in [1.29, 1.82) is 0 Å². The van der Waals surface area contributed by atoms with Gasteiger partial charge in [0.05, 0.1) is 5.69 Å². The second kappa shape index (κ2) is 6.28. The van der Waals surface area contributed by atoms with Crippen LogP contribution in [-0.2, 0) is 10.2 Å². The molecular formula is C13H18ClFN2O2S. The van der Waals surface area contributed by atoms with Gasteiger partial charge in [-0.15, -0.1) is 11.6 Å². The highest BCUT2D eigenvalue weighted by molar-refractivity contribution is 7.90. The fourth-order valence-corrected chi connectivity index (χ4v) is 3.98. The molecule has 0 bridgehead atoms. The van der Waals surface area contributed by atoms with Gasteiger partial charge < -0.3 is 0 Å². The van der Waals surface area contributed by atoms with Gasteiger partial charge in [0.15, 0.2) is 0 Å². The van der Waals surface area contributed by atoms with E-state index in [0.717, 1.165) is 17.1 Å². The van der Waals surface area contributed by atoms with Crippen LogP contribution in [0.3, 0.4) is 0 Å². The Balaban J connectivity index is 2.14. The predicted octanol–water partition coefficient (Wildman–Crippen LogP) is 2.46. The predicted molar refractivity (Wildman–Crippen MR) is 78.7 cm³/mol. The fourth-order valence-electron chi connectivity index (χ4n) is 2.27. The smallest absolute Gasteiger partial charge is 0.261 e.